The molecule has 116 valence electrons. The van der Waals surface area contributed by atoms with Gasteiger partial charge in [0, 0.05) is 34.9 Å². The van der Waals surface area contributed by atoms with Crippen LogP contribution in [-0.2, 0) is 4.79 Å². The third-order valence-electron chi connectivity index (χ3n) is 3.94. The molecule has 1 aliphatic rings. The Kier molecular flexibility index (Phi) is 4.36. The van der Waals surface area contributed by atoms with Crippen molar-refractivity contribution in [1.82, 2.24) is 14.8 Å². The number of halogens is 2. The number of thioether (sulfide) groups is 1. The van der Waals surface area contributed by atoms with Crippen molar-refractivity contribution in [2.24, 2.45) is 5.92 Å². The van der Waals surface area contributed by atoms with Crippen molar-refractivity contribution in [2.75, 3.05) is 6.26 Å². The largest absolute Gasteiger partial charge is 0.299 e. The molecule has 1 aliphatic carbocycles. The van der Waals surface area contributed by atoms with Crippen molar-refractivity contribution in [3.05, 3.63) is 40.6 Å². The second-order valence-corrected chi connectivity index (χ2v) is 7.25. The zero-order chi connectivity index (χ0) is 15.9. The average Bonchev–Trinajstić information content (AvgIpc) is 3.20. The van der Waals surface area contributed by atoms with Gasteiger partial charge >= 0.3 is 0 Å². The number of pyridine rings is 1. The van der Waals surface area contributed by atoms with Crippen molar-refractivity contribution < 1.29 is 9.18 Å². The summed E-state index contributed by atoms with van der Waals surface area (Å²) in [6.07, 6.45) is 7.44. The van der Waals surface area contributed by atoms with Gasteiger partial charge < -0.3 is 0 Å². The van der Waals surface area contributed by atoms with E-state index in [1.54, 1.807) is 18.0 Å². The van der Waals surface area contributed by atoms with Crippen LogP contribution in [0.5, 0.6) is 0 Å². The molecule has 3 rings (SSSR count). The molecule has 2 heterocycles. The topological polar surface area (TPSA) is 47.8 Å². The number of aromatic nitrogens is 3. The van der Waals surface area contributed by atoms with Gasteiger partial charge in [-0.1, -0.05) is 6.92 Å². The Balaban J connectivity index is 1.85. The molecule has 0 saturated heterocycles. The van der Waals surface area contributed by atoms with Gasteiger partial charge in [0.2, 0.25) is 0 Å². The van der Waals surface area contributed by atoms with E-state index in [-0.39, 0.29) is 17.6 Å². The number of carbonyl (C=O) groups is 1. The Morgan fingerprint density at radius 1 is 1.55 bits per heavy atom. The number of carbonyl (C=O) groups excluding carboxylic acids is 1. The first-order valence-corrected chi connectivity index (χ1v) is 9.02. The molecule has 0 aromatic carbocycles. The van der Waals surface area contributed by atoms with Gasteiger partial charge in [0.25, 0.3) is 0 Å². The number of Topliss-reactive ketones (excluding diaryl/α,β-unsaturated/α-hetero) is 1. The minimum absolute atomic E-state index is 0.149. The minimum Gasteiger partial charge on any atom is -0.299 e. The first kappa shape index (κ1) is 15.7. The molecule has 0 spiro atoms. The molecule has 0 N–H and O–H groups in total. The first-order chi connectivity index (χ1) is 10.5. The van der Waals surface area contributed by atoms with Crippen LogP contribution in [0.4, 0.5) is 4.39 Å². The molecule has 7 heteroatoms. The van der Waals surface area contributed by atoms with E-state index in [9.17, 15) is 9.18 Å². The van der Waals surface area contributed by atoms with Crippen molar-refractivity contribution in [1.29, 1.82) is 0 Å². The Bertz CT molecular complexity index is 721. The van der Waals surface area contributed by atoms with E-state index in [1.165, 1.54) is 16.9 Å². The van der Waals surface area contributed by atoms with E-state index in [2.05, 4.69) is 26.0 Å². The van der Waals surface area contributed by atoms with Gasteiger partial charge in [-0.05, 0) is 28.6 Å². The summed E-state index contributed by atoms with van der Waals surface area (Å²) < 4.78 is 15.4. The molecular formula is C15H15BrFN3OS. The highest BCUT2D eigenvalue weighted by Crippen LogP contribution is 2.44. The maximum Gasteiger partial charge on any atom is 0.144 e. The second kappa shape index (κ2) is 6.12. The zero-order valence-electron chi connectivity index (χ0n) is 12.2. The Morgan fingerprint density at radius 3 is 2.95 bits per heavy atom. The van der Waals surface area contributed by atoms with Crippen LogP contribution in [0.15, 0.2) is 29.3 Å². The summed E-state index contributed by atoms with van der Waals surface area (Å²) in [5, 5.41) is 4.77. The van der Waals surface area contributed by atoms with Crippen LogP contribution in [0.3, 0.4) is 0 Å². The fourth-order valence-corrected chi connectivity index (χ4v) is 4.00. The predicted octanol–water partition coefficient (Wildman–Crippen LogP) is 3.59. The summed E-state index contributed by atoms with van der Waals surface area (Å²) in [6, 6.07) is 1.35. The van der Waals surface area contributed by atoms with Gasteiger partial charge in [0.15, 0.2) is 0 Å². The molecular weight excluding hydrogens is 369 g/mol. The van der Waals surface area contributed by atoms with Crippen LogP contribution in [0, 0.1) is 11.7 Å². The maximum atomic E-state index is 13.3. The predicted molar refractivity (Wildman–Crippen MR) is 87.8 cm³/mol. The summed E-state index contributed by atoms with van der Waals surface area (Å²) >= 11 is 5.14. The van der Waals surface area contributed by atoms with Crippen molar-refractivity contribution >= 4 is 33.5 Å². The number of hydrogen-bond acceptors (Lipinski definition) is 4. The number of hydrogen-bond donors (Lipinski definition) is 0. The summed E-state index contributed by atoms with van der Waals surface area (Å²) in [5.41, 5.74) is 1.35. The smallest absolute Gasteiger partial charge is 0.144 e. The van der Waals surface area contributed by atoms with E-state index in [1.807, 2.05) is 13.2 Å². The van der Waals surface area contributed by atoms with Gasteiger partial charge in [0.1, 0.15) is 16.2 Å². The van der Waals surface area contributed by atoms with Crippen LogP contribution in [0.25, 0.3) is 5.69 Å². The SMILES string of the molecule is CS[C@@H]1C[C@H]1C(=O)C(C)c1cn(-c2cncc(F)c2)nc1Br. The summed E-state index contributed by atoms with van der Waals surface area (Å²) in [5.74, 6) is -0.254. The lowest BCUT2D eigenvalue weighted by Gasteiger charge is -2.08. The normalized spacial score (nSPS) is 21.6. The third-order valence-corrected chi connectivity index (χ3v) is 5.69. The van der Waals surface area contributed by atoms with Gasteiger partial charge in [-0.3, -0.25) is 9.78 Å². The van der Waals surface area contributed by atoms with Crippen molar-refractivity contribution in [2.45, 2.75) is 24.5 Å². The molecule has 2 aromatic heterocycles. The molecule has 22 heavy (non-hydrogen) atoms. The molecule has 4 nitrogen and oxygen atoms in total. The van der Waals surface area contributed by atoms with Crippen LogP contribution < -0.4 is 0 Å². The van der Waals surface area contributed by atoms with E-state index in [0.717, 1.165) is 18.2 Å². The van der Waals surface area contributed by atoms with Crippen LogP contribution in [-0.4, -0.2) is 32.1 Å². The fourth-order valence-electron chi connectivity index (χ4n) is 2.52. The Labute approximate surface area is 140 Å². The van der Waals surface area contributed by atoms with E-state index in [4.69, 9.17) is 0 Å². The summed E-state index contributed by atoms with van der Waals surface area (Å²) in [6.45, 7) is 1.90. The molecule has 3 atom stereocenters. The monoisotopic (exact) mass is 383 g/mol. The second-order valence-electron chi connectivity index (χ2n) is 5.42. The van der Waals surface area contributed by atoms with Gasteiger partial charge in [-0.15, -0.1) is 0 Å². The molecule has 1 saturated carbocycles. The Morgan fingerprint density at radius 2 is 2.32 bits per heavy atom. The molecule has 0 amide bonds. The average molecular weight is 384 g/mol. The maximum absolute atomic E-state index is 13.3. The standard InChI is InChI=1S/C15H15BrFN3OS/c1-8(14(21)11-4-13(11)22-2)12-7-20(19-15(12)16)10-3-9(17)5-18-6-10/h3,5-8,11,13H,4H2,1-2H3/t8?,11-,13-/m1/s1. The lowest BCUT2D eigenvalue weighted by atomic mass is 9.97. The molecule has 0 aliphatic heterocycles. The summed E-state index contributed by atoms with van der Waals surface area (Å²) in [7, 11) is 0. The third kappa shape index (κ3) is 2.96. The van der Waals surface area contributed by atoms with Gasteiger partial charge in [0.05, 0.1) is 18.1 Å². The fraction of sp³-hybridized carbons (Fsp3) is 0.400. The molecule has 2 aromatic rings. The van der Waals surface area contributed by atoms with Crippen LogP contribution >= 0.6 is 27.7 Å². The number of ketones is 1. The number of rotatable bonds is 5. The minimum atomic E-state index is -0.421. The van der Waals surface area contributed by atoms with E-state index in [0.29, 0.717) is 15.5 Å². The zero-order valence-corrected chi connectivity index (χ0v) is 14.6. The van der Waals surface area contributed by atoms with E-state index >= 15 is 0 Å². The Hall–Kier alpha value is -1.21. The highest BCUT2D eigenvalue weighted by atomic mass is 79.9. The molecule has 0 radical (unpaired) electrons. The van der Waals surface area contributed by atoms with Crippen molar-refractivity contribution in [3.8, 4) is 5.69 Å². The molecule has 1 unspecified atom stereocenters. The quantitative estimate of drug-likeness (QED) is 0.791. The lowest BCUT2D eigenvalue weighted by Crippen LogP contribution is -2.12. The van der Waals surface area contributed by atoms with Crippen LogP contribution in [0.1, 0.15) is 24.8 Å². The van der Waals surface area contributed by atoms with Crippen LogP contribution in [0.2, 0.25) is 0 Å². The highest BCUT2D eigenvalue weighted by Gasteiger charge is 2.44. The summed E-state index contributed by atoms with van der Waals surface area (Å²) in [4.78, 5) is 16.3. The number of nitrogens with zero attached hydrogens (tertiary/aromatic N) is 3. The molecule has 1 fully saturated rings. The first-order valence-electron chi connectivity index (χ1n) is 6.93. The van der Waals surface area contributed by atoms with Crippen molar-refractivity contribution in [3.63, 3.8) is 0 Å². The van der Waals surface area contributed by atoms with E-state index < -0.39 is 5.82 Å². The van der Waals surface area contributed by atoms with Gasteiger partial charge in [-0.25, -0.2) is 9.07 Å². The molecule has 0 bridgehead atoms. The van der Waals surface area contributed by atoms with Gasteiger partial charge in [-0.2, -0.15) is 16.9 Å². The lowest BCUT2D eigenvalue weighted by molar-refractivity contribution is -0.121. The highest BCUT2D eigenvalue weighted by molar-refractivity contribution is 9.10.